The van der Waals surface area contributed by atoms with Crippen molar-refractivity contribution in [3.05, 3.63) is 59.1 Å². The number of rotatable bonds is 2. The summed E-state index contributed by atoms with van der Waals surface area (Å²) in [6, 6.07) is 7.99. The third-order valence-electron chi connectivity index (χ3n) is 4.85. The average Bonchev–Trinajstić information content (AvgIpc) is 3.22. The molecule has 0 radical (unpaired) electrons. The van der Waals surface area contributed by atoms with Crippen LogP contribution in [0.3, 0.4) is 0 Å². The molecule has 5 rings (SSSR count). The van der Waals surface area contributed by atoms with Crippen molar-refractivity contribution in [2.75, 3.05) is 0 Å². The van der Waals surface area contributed by atoms with Gasteiger partial charge in [-0.2, -0.15) is 0 Å². The number of hydrogen-bond donors (Lipinski definition) is 1. The molecule has 3 aliphatic heterocycles. The smallest absolute Gasteiger partial charge is 0.352 e. The Morgan fingerprint density at radius 1 is 1.33 bits per heavy atom. The fourth-order valence-corrected chi connectivity index (χ4v) is 3.74. The number of carboxylic acids is 1. The summed E-state index contributed by atoms with van der Waals surface area (Å²) in [5, 5.41) is 9.10. The third-order valence-corrected chi connectivity index (χ3v) is 4.85. The van der Waals surface area contributed by atoms with Gasteiger partial charge in [0.15, 0.2) is 0 Å². The number of aliphatic carboxylic acids is 1. The van der Waals surface area contributed by atoms with Crippen LogP contribution in [0.4, 0.5) is 0 Å². The maximum atomic E-state index is 12.3. The van der Waals surface area contributed by atoms with Crippen LogP contribution in [-0.2, 0) is 16.1 Å². The SMILES string of the molecule is O=C(O)C1=CC[C@@H]2C(=Cc3cn4c(n3)-c3ccccc3C4)C(=O)N12. The Balaban J connectivity index is 1.46. The molecule has 1 aromatic heterocycles. The monoisotopic (exact) mass is 319 g/mol. The number of carboxylic acid groups (broad SMARTS) is 1. The zero-order valence-electron chi connectivity index (χ0n) is 12.6. The number of carbonyl (C=O) groups excluding carboxylic acids is 1. The molecule has 0 spiro atoms. The van der Waals surface area contributed by atoms with Crippen LogP contribution in [0.1, 0.15) is 17.7 Å². The van der Waals surface area contributed by atoms with Crippen LogP contribution >= 0.6 is 0 Å². The number of β-lactam (4-membered cyclic amide) rings is 1. The molecule has 1 saturated heterocycles. The van der Waals surface area contributed by atoms with Crippen molar-refractivity contribution in [2.24, 2.45) is 0 Å². The molecule has 6 heteroatoms. The van der Waals surface area contributed by atoms with Gasteiger partial charge in [0.1, 0.15) is 11.5 Å². The molecule has 0 unspecified atom stereocenters. The van der Waals surface area contributed by atoms with Gasteiger partial charge in [-0.25, -0.2) is 9.78 Å². The van der Waals surface area contributed by atoms with Crippen molar-refractivity contribution in [3.63, 3.8) is 0 Å². The van der Waals surface area contributed by atoms with Gasteiger partial charge in [-0.1, -0.05) is 30.3 Å². The van der Waals surface area contributed by atoms with E-state index >= 15 is 0 Å². The number of hydrogen-bond acceptors (Lipinski definition) is 3. The number of fused-ring (bicyclic) bond motifs is 4. The minimum Gasteiger partial charge on any atom is -0.477 e. The molecule has 118 valence electrons. The van der Waals surface area contributed by atoms with Crippen LogP contribution in [-0.4, -0.2) is 37.5 Å². The second kappa shape index (κ2) is 4.44. The minimum absolute atomic E-state index is 0.0865. The van der Waals surface area contributed by atoms with Crippen LogP contribution in [0.25, 0.3) is 17.5 Å². The Bertz CT molecular complexity index is 983. The largest absolute Gasteiger partial charge is 0.477 e. The first-order chi connectivity index (χ1) is 11.6. The highest BCUT2D eigenvalue weighted by atomic mass is 16.4. The Morgan fingerprint density at radius 2 is 2.17 bits per heavy atom. The zero-order chi connectivity index (χ0) is 16.4. The van der Waals surface area contributed by atoms with E-state index in [4.69, 9.17) is 5.11 Å². The van der Waals surface area contributed by atoms with Gasteiger partial charge in [0.05, 0.1) is 11.7 Å². The van der Waals surface area contributed by atoms with Crippen molar-refractivity contribution >= 4 is 18.0 Å². The first-order valence-electron chi connectivity index (χ1n) is 7.77. The summed E-state index contributed by atoms with van der Waals surface area (Å²) < 4.78 is 2.08. The normalized spacial score (nSPS) is 22.1. The standard InChI is InChI=1S/C18H13N3O3/c22-17-13(14-5-6-15(18(23)24)21(14)17)7-11-9-20-8-10-3-1-2-4-12(10)16(20)19-11/h1-4,6-7,9,14H,5,8H2,(H,23,24)/t14-/m1/s1. The van der Waals surface area contributed by atoms with Gasteiger partial charge in [-0.05, 0) is 18.1 Å². The maximum absolute atomic E-state index is 12.3. The third kappa shape index (κ3) is 1.62. The molecule has 0 saturated carbocycles. The highest BCUT2D eigenvalue weighted by Crippen LogP contribution is 2.39. The number of nitrogens with zero attached hydrogens (tertiary/aromatic N) is 3. The molecule has 0 aliphatic carbocycles. The highest BCUT2D eigenvalue weighted by molar-refractivity contribution is 6.11. The number of aromatic nitrogens is 2. The fraction of sp³-hybridized carbons (Fsp3) is 0.167. The quantitative estimate of drug-likeness (QED) is 0.578. The lowest BCUT2D eigenvalue weighted by Crippen LogP contribution is -2.52. The van der Waals surface area contributed by atoms with Crippen LogP contribution in [0.15, 0.2) is 47.8 Å². The molecule has 1 fully saturated rings. The second-order valence-electron chi connectivity index (χ2n) is 6.20. The summed E-state index contributed by atoms with van der Waals surface area (Å²) in [6.07, 6.45) is 5.89. The first-order valence-corrected chi connectivity index (χ1v) is 7.77. The lowest BCUT2D eigenvalue weighted by atomic mass is 9.94. The second-order valence-corrected chi connectivity index (χ2v) is 6.20. The van der Waals surface area contributed by atoms with Crippen LogP contribution < -0.4 is 0 Å². The van der Waals surface area contributed by atoms with Crippen LogP contribution in [0.2, 0.25) is 0 Å². The zero-order valence-corrected chi connectivity index (χ0v) is 12.6. The van der Waals surface area contributed by atoms with E-state index in [1.165, 1.54) is 10.5 Å². The average molecular weight is 319 g/mol. The number of amides is 1. The van der Waals surface area contributed by atoms with E-state index in [1.807, 2.05) is 24.4 Å². The topological polar surface area (TPSA) is 75.4 Å². The summed E-state index contributed by atoms with van der Waals surface area (Å²) in [5.74, 6) is -0.376. The summed E-state index contributed by atoms with van der Waals surface area (Å²) in [4.78, 5) is 29.4. The van der Waals surface area contributed by atoms with Gasteiger partial charge in [0.2, 0.25) is 0 Å². The van der Waals surface area contributed by atoms with Crippen LogP contribution in [0, 0.1) is 0 Å². The highest BCUT2D eigenvalue weighted by Gasteiger charge is 2.48. The van der Waals surface area contributed by atoms with Crippen molar-refractivity contribution < 1.29 is 14.7 Å². The predicted molar refractivity (Wildman–Crippen MR) is 85.7 cm³/mol. The van der Waals surface area contributed by atoms with Crippen molar-refractivity contribution in [2.45, 2.75) is 19.0 Å². The minimum atomic E-state index is -1.05. The lowest BCUT2D eigenvalue weighted by Gasteiger charge is -2.38. The van der Waals surface area contributed by atoms with E-state index in [1.54, 1.807) is 12.2 Å². The number of carbonyl (C=O) groups is 2. The van der Waals surface area contributed by atoms with Crippen LogP contribution in [0.5, 0.6) is 0 Å². The van der Waals surface area contributed by atoms with Crippen molar-refractivity contribution in [1.82, 2.24) is 14.5 Å². The van der Waals surface area contributed by atoms with Gasteiger partial charge in [0.25, 0.3) is 5.91 Å². The molecule has 2 aromatic rings. The molecular weight excluding hydrogens is 306 g/mol. The van der Waals surface area contributed by atoms with E-state index in [-0.39, 0.29) is 17.6 Å². The molecule has 1 aromatic carbocycles. The molecule has 24 heavy (non-hydrogen) atoms. The van der Waals surface area contributed by atoms with E-state index in [0.717, 1.165) is 23.6 Å². The van der Waals surface area contributed by atoms with E-state index in [2.05, 4.69) is 15.6 Å². The summed E-state index contributed by atoms with van der Waals surface area (Å²) in [7, 11) is 0. The first kappa shape index (κ1) is 13.3. The number of imidazole rings is 1. The molecule has 0 bridgehead atoms. The van der Waals surface area contributed by atoms with Crippen molar-refractivity contribution in [3.8, 4) is 11.4 Å². The molecule has 1 atom stereocenters. The Morgan fingerprint density at radius 3 is 3.00 bits per heavy atom. The van der Waals surface area contributed by atoms with Gasteiger partial charge >= 0.3 is 5.97 Å². The summed E-state index contributed by atoms with van der Waals surface area (Å²) in [5.41, 5.74) is 3.83. The molecular formula is C18H13N3O3. The molecule has 1 amide bonds. The molecule has 1 N–H and O–H groups in total. The summed E-state index contributed by atoms with van der Waals surface area (Å²) >= 11 is 0. The maximum Gasteiger partial charge on any atom is 0.352 e. The van der Waals surface area contributed by atoms with E-state index in [9.17, 15) is 9.59 Å². The Labute approximate surface area is 137 Å². The predicted octanol–water partition coefficient (Wildman–Crippen LogP) is 1.88. The van der Waals surface area contributed by atoms with Crippen molar-refractivity contribution in [1.29, 1.82) is 0 Å². The molecule has 6 nitrogen and oxygen atoms in total. The fourth-order valence-electron chi connectivity index (χ4n) is 3.74. The molecule has 4 heterocycles. The Hall–Kier alpha value is -3.15. The molecule has 3 aliphatic rings. The number of benzene rings is 1. The van der Waals surface area contributed by atoms with E-state index < -0.39 is 5.97 Å². The van der Waals surface area contributed by atoms with E-state index in [0.29, 0.717) is 12.0 Å². The summed E-state index contributed by atoms with van der Waals surface area (Å²) in [6.45, 7) is 0.788. The van der Waals surface area contributed by atoms with Gasteiger partial charge in [-0.3, -0.25) is 9.69 Å². The van der Waals surface area contributed by atoms with Gasteiger partial charge < -0.3 is 9.67 Å². The lowest BCUT2D eigenvalue weighted by molar-refractivity contribution is -0.142. The van der Waals surface area contributed by atoms with Gasteiger partial charge in [0, 0.05) is 23.9 Å². The van der Waals surface area contributed by atoms with Gasteiger partial charge in [-0.15, -0.1) is 0 Å². The Kier molecular flexibility index (Phi) is 2.46.